The third kappa shape index (κ3) is 9.83. The molecule has 3 aliphatic carbocycles. The molecule has 3 aromatic carbocycles. The Morgan fingerprint density at radius 3 is 1.48 bits per heavy atom. The van der Waals surface area contributed by atoms with E-state index < -0.39 is 13.5 Å². The first-order valence-electron chi connectivity index (χ1n) is 20.2. The molecule has 3 saturated carbocycles. The van der Waals surface area contributed by atoms with E-state index in [0.717, 1.165) is 22.5 Å². The van der Waals surface area contributed by atoms with Gasteiger partial charge in [0.05, 0.1) is 17.9 Å². The van der Waals surface area contributed by atoms with Crippen molar-refractivity contribution in [3.05, 3.63) is 116 Å². The molecule has 3 aromatic rings. The number of nitrogens with one attached hydrogen (secondary N) is 2. The summed E-state index contributed by atoms with van der Waals surface area (Å²) in [7, 11) is 11.4. The summed E-state index contributed by atoms with van der Waals surface area (Å²) in [4.78, 5) is 0. The van der Waals surface area contributed by atoms with E-state index in [1.807, 2.05) is 34.9 Å². The first kappa shape index (κ1) is 40.2. The van der Waals surface area contributed by atoms with Crippen molar-refractivity contribution < 1.29 is 13.5 Å². The summed E-state index contributed by atoms with van der Waals surface area (Å²) in [6.07, 6.45) is 20.4. The predicted molar refractivity (Wildman–Crippen MR) is 226 cm³/mol. The Balaban J connectivity index is 0.000000402. The molecule has 4 aliphatic rings. The van der Waals surface area contributed by atoms with Crippen LogP contribution in [0.3, 0.4) is 0 Å². The quantitative estimate of drug-likeness (QED) is 0.191. The Morgan fingerprint density at radius 1 is 0.596 bits per heavy atom. The summed E-state index contributed by atoms with van der Waals surface area (Å²) in [6, 6.07) is 20.0. The van der Waals surface area contributed by atoms with Crippen LogP contribution in [0.5, 0.6) is 0 Å². The van der Waals surface area contributed by atoms with E-state index in [0.29, 0.717) is 0 Å². The average molecular weight is 847 g/mol. The van der Waals surface area contributed by atoms with E-state index in [2.05, 4.69) is 76.4 Å². The van der Waals surface area contributed by atoms with Crippen molar-refractivity contribution in [2.75, 3.05) is 0 Å². The predicted octanol–water partition coefficient (Wildman–Crippen LogP) is 13.6. The maximum absolute atomic E-state index is 5.67. The summed E-state index contributed by atoms with van der Waals surface area (Å²) < 4.78 is 1.92. The molecule has 6 heteroatoms. The van der Waals surface area contributed by atoms with Crippen LogP contribution in [-0.4, -0.2) is 21.6 Å². The Kier molecular flexibility index (Phi) is 14.6. The number of rotatable bonds is 6. The molecule has 0 aromatic heterocycles. The van der Waals surface area contributed by atoms with Gasteiger partial charge in [0.25, 0.3) is 0 Å². The topological polar surface area (TPSA) is 24.1 Å². The molecule has 0 bridgehead atoms. The molecule has 3 atom stereocenters. The molecule has 1 aliphatic heterocycles. The van der Waals surface area contributed by atoms with Crippen LogP contribution in [0.25, 0.3) is 0 Å². The number of aryl methyl sites for hydroxylation is 6. The molecule has 1 saturated heterocycles. The van der Waals surface area contributed by atoms with Crippen LogP contribution in [0.4, 0.5) is 0 Å². The van der Waals surface area contributed by atoms with Crippen molar-refractivity contribution >= 4 is 31.9 Å². The van der Waals surface area contributed by atoms with Crippen LogP contribution >= 0.6 is 27.3 Å². The Hall–Kier alpha value is -1.50. The number of hydrogen-bond donors (Lipinski definition) is 2. The fourth-order valence-corrected chi connectivity index (χ4v) is 16.8. The normalized spacial score (nSPS) is 23.1. The molecule has 52 heavy (non-hydrogen) atoms. The first-order valence-corrected chi connectivity index (χ1v) is 27.2. The van der Waals surface area contributed by atoms with Gasteiger partial charge in [-0.25, -0.2) is 0 Å². The number of benzene rings is 3. The summed E-state index contributed by atoms with van der Waals surface area (Å²) in [5.41, 5.74) is 17.2. The third-order valence-corrected chi connectivity index (χ3v) is 18.2. The number of halogens is 2. The first-order chi connectivity index (χ1) is 25.1. The van der Waals surface area contributed by atoms with Crippen LogP contribution in [0.2, 0.25) is 0 Å². The van der Waals surface area contributed by atoms with Crippen molar-refractivity contribution in [2.24, 2.45) is 0 Å². The van der Waals surface area contributed by atoms with Gasteiger partial charge in [0, 0.05) is 5.66 Å². The second-order valence-corrected chi connectivity index (χ2v) is 25.0. The van der Waals surface area contributed by atoms with Crippen LogP contribution in [0.15, 0.2) is 66.0 Å². The van der Waals surface area contributed by atoms with Crippen molar-refractivity contribution in [3.8, 4) is 0 Å². The standard InChI is InChI=1S/C39H57N2P.C7H6.2ClH.Ru/c1-25-21-27(3)35(28(4)22-25)37-38(36-29(5)23-26(2)24-30(36)6)41-39(40-37)33-19-13-14-20-34(33)42(31-15-9-7-10-16-31)32-17-11-8-12-18-32;1-7-5-3-2-4-6-7;;;/h21-24,31-32,34,37-38,40-41H,7-20H2,1-6H3;1-6H;2*1H;/q;;;;+2/p-2. The van der Waals surface area contributed by atoms with Gasteiger partial charge in [0.2, 0.25) is 0 Å². The van der Waals surface area contributed by atoms with Gasteiger partial charge in [-0.3, -0.25) is 0 Å². The van der Waals surface area contributed by atoms with Crippen LogP contribution in [0, 0.1) is 41.5 Å². The summed E-state index contributed by atoms with van der Waals surface area (Å²) in [5, 5.41) is 8.53. The van der Waals surface area contributed by atoms with Gasteiger partial charge in [-0.05, 0) is 137 Å². The summed E-state index contributed by atoms with van der Waals surface area (Å²) in [6.45, 7) is 13.8. The molecule has 284 valence electrons. The second-order valence-electron chi connectivity index (χ2n) is 16.3. The van der Waals surface area contributed by atoms with Crippen LogP contribution < -0.4 is 10.6 Å². The molecular weight excluding hydrogens is 783 g/mol. The molecule has 0 spiro atoms. The number of allylic oxidation sites excluding steroid dienone is 1. The van der Waals surface area contributed by atoms with Crippen molar-refractivity contribution in [2.45, 2.75) is 160 Å². The zero-order valence-electron chi connectivity index (χ0n) is 32.6. The fourth-order valence-electron chi connectivity index (χ4n) is 10.3. The van der Waals surface area contributed by atoms with Crippen molar-refractivity contribution in [3.63, 3.8) is 0 Å². The van der Waals surface area contributed by atoms with Gasteiger partial charge in [0.15, 0.2) is 0 Å². The minimum absolute atomic E-state index is 0.0210. The fraction of sp³-hybridized carbons (Fsp3) is 0.543. The molecule has 3 unspecified atom stereocenters. The number of hydrogen-bond acceptors (Lipinski definition) is 2. The van der Waals surface area contributed by atoms with Crippen molar-refractivity contribution in [1.29, 1.82) is 0 Å². The van der Waals surface area contributed by atoms with Gasteiger partial charge in [-0.15, -0.1) is 0 Å². The maximum atomic E-state index is 5.67. The van der Waals surface area contributed by atoms with Crippen LogP contribution in [0.1, 0.15) is 152 Å². The Labute approximate surface area is 330 Å². The summed E-state index contributed by atoms with van der Waals surface area (Å²) in [5.74, 6) is 1.42. The molecule has 7 rings (SSSR count). The van der Waals surface area contributed by atoms with Gasteiger partial charge in [-0.1, -0.05) is 88.3 Å². The van der Waals surface area contributed by atoms with E-state index in [9.17, 15) is 0 Å². The Morgan fingerprint density at radius 2 is 1.04 bits per heavy atom. The molecule has 4 fully saturated rings. The van der Waals surface area contributed by atoms with Crippen molar-refractivity contribution in [1.82, 2.24) is 10.6 Å². The zero-order chi connectivity index (χ0) is 36.8. The van der Waals surface area contributed by atoms with E-state index in [-0.39, 0.29) is 20.0 Å². The second kappa shape index (κ2) is 18.9. The van der Waals surface area contributed by atoms with E-state index >= 15 is 0 Å². The van der Waals surface area contributed by atoms with E-state index in [4.69, 9.17) is 19.4 Å². The third-order valence-electron chi connectivity index (χ3n) is 12.3. The molecule has 2 N–H and O–H groups in total. The monoisotopic (exact) mass is 846 g/mol. The summed E-state index contributed by atoms with van der Waals surface area (Å²) >= 11 is -1.61. The van der Waals surface area contributed by atoms with Gasteiger partial charge in [0.1, 0.15) is 0 Å². The molecule has 1 heterocycles. The van der Waals surface area contributed by atoms with Gasteiger partial charge < -0.3 is 10.6 Å². The zero-order valence-corrected chi connectivity index (χ0v) is 36.8. The average Bonchev–Trinajstić information content (AvgIpc) is 3.53. The SMILES string of the molecule is Cc1cc(C)c(C2NC(=C3CCCCC3P(C3CCCCC3)C3CCCCC3)NC2c2c(C)cc(C)cc2C)c(C)c1.[Cl][Ru]([Cl])=[CH]c1ccccc1. The molecule has 2 nitrogen and oxygen atoms in total. The van der Waals surface area contributed by atoms with E-state index in [1.165, 1.54) is 140 Å². The molecule has 0 amide bonds. The molecular formula is C46H63Cl2N2PRu. The molecule has 0 radical (unpaired) electrons. The van der Waals surface area contributed by atoms with Gasteiger partial charge in [-0.2, -0.15) is 0 Å². The van der Waals surface area contributed by atoms with E-state index in [1.54, 1.807) is 5.57 Å². The Bertz CT molecular complexity index is 1590. The minimum atomic E-state index is -1.61. The van der Waals surface area contributed by atoms with Gasteiger partial charge >= 0.3 is 73.4 Å². The van der Waals surface area contributed by atoms with Crippen LogP contribution in [-0.2, 0) is 13.5 Å².